The van der Waals surface area contributed by atoms with Crippen LogP contribution in [-0.4, -0.2) is 25.3 Å². The molecule has 0 spiro atoms. The molecule has 0 amide bonds. The van der Waals surface area contributed by atoms with Crippen molar-refractivity contribution in [2.75, 3.05) is 0 Å². The van der Waals surface area contributed by atoms with Crippen LogP contribution in [0.3, 0.4) is 0 Å². The fraction of sp³-hybridized carbons (Fsp3) is 0. The lowest BCUT2D eigenvalue weighted by atomic mass is 9.99. The SMILES string of the molecule is c1ccc([Si](c2ccccc2)(c2ccccc2)c2ccc(-n3c4ccccc4c4cc(-n5c6ccccc6c6cc(-c7ccc8c(c7)[Si](c7ccccc7)(c7ccccc7)c7ccccc7-8)ccc65)ccc43)cc2)cc1. The summed E-state index contributed by atoms with van der Waals surface area (Å²) in [5, 5.41) is 16.2. The van der Waals surface area contributed by atoms with Gasteiger partial charge in [0.25, 0.3) is 0 Å². The Bertz CT molecular complexity index is 4350. The topological polar surface area (TPSA) is 9.86 Å². The second kappa shape index (κ2) is 17.7. The minimum Gasteiger partial charge on any atom is -0.309 e. The number of rotatable bonds is 9. The molecule has 1 aliphatic rings. The molecule has 0 fully saturated rings. The van der Waals surface area contributed by atoms with Gasteiger partial charge < -0.3 is 9.13 Å². The maximum Gasteiger partial charge on any atom is 0.180 e. The van der Waals surface area contributed by atoms with E-state index in [1.54, 1.807) is 0 Å². The molecule has 0 N–H and O–H groups in total. The van der Waals surface area contributed by atoms with Crippen LogP contribution in [0.1, 0.15) is 0 Å². The predicted molar refractivity (Wildman–Crippen MR) is 327 cm³/mol. The first-order chi connectivity index (χ1) is 37.7. The van der Waals surface area contributed by atoms with Gasteiger partial charge in [0.1, 0.15) is 0 Å². The fourth-order valence-electron chi connectivity index (χ4n) is 13.4. The van der Waals surface area contributed by atoms with Crippen LogP contribution < -0.4 is 41.5 Å². The summed E-state index contributed by atoms with van der Waals surface area (Å²) in [7, 11) is -5.32. The number of para-hydroxylation sites is 2. The molecule has 0 unspecified atom stereocenters. The van der Waals surface area contributed by atoms with Crippen molar-refractivity contribution in [1.29, 1.82) is 0 Å². The van der Waals surface area contributed by atoms with Gasteiger partial charge in [0.15, 0.2) is 16.1 Å². The van der Waals surface area contributed by atoms with Gasteiger partial charge in [0.2, 0.25) is 0 Å². The van der Waals surface area contributed by atoms with E-state index >= 15 is 0 Å². The van der Waals surface area contributed by atoms with E-state index in [-0.39, 0.29) is 0 Å². The average molecular weight is 999 g/mol. The molecular formula is C72H50N2Si2. The lowest BCUT2D eigenvalue weighted by molar-refractivity contribution is 1.17. The average Bonchev–Trinajstić information content (AvgIpc) is 4.15. The van der Waals surface area contributed by atoms with Crippen molar-refractivity contribution >= 4 is 101 Å². The van der Waals surface area contributed by atoms with Crippen LogP contribution in [0.25, 0.3) is 77.2 Å². The van der Waals surface area contributed by atoms with E-state index in [2.05, 4.69) is 312 Å². The third kappa shape index (κ3) is 6.51. The lowest BCUT2D eigenvalue weighted by Gasteiger charge is -2.34. The van der Waals surface area contributed by atoms with Gasteiger partial charge in [-0.2, -0.15) is 0 Å². The molecule has 3 heterocycles. The number of hydrogen-bond donors (Lipinski definition) is 0. The van der Waals surface area contributed by atoms with Crippen molar-refractivity contribution in [3.8, 4) is 33.6 Å². The van der Waals surface area contributed by atoms with Crippen molar-refractivity contribution in [3.63, 3.8) is 0 Å². The number of nitrogens with zero attached hydrogens (tertiary/aromatic N) is 2. The zero-order valence-electron chi connectivity index (χ0n) is 41.8. The summed E-state index contributed by atoms with van der Waals surface area (Å²) in [6.45, 7) is 0. The minimum absolute atomic E-state index is 1.14. The highest BCUT2D eigenvalue weighted by Gasteiger charge is 2.48. The molecule has 0 radical (unpaired) electrons. The first-order valence-electron chi connectivity index (χ1n) is 26.4. The maximum absolute atomic E-state index is 2.68. The highest BCUT2D eigenvalue weighted by molar-refractivity contribution is 7.22. The van der Waals surface area contributed by atoms with Gasteiger partial charge in [-0.25, -0.2) is 0 Å². The second-order valence-electron chi connectivity index (χ2n) is 20.3. The largest absolute Gasteiger partial charge is 0.309 e. The number of aromatic nitrogens is 2. The van der Waals surface area contributed by atoms with E-state index in [9.17, 15) is 0 Å². The zero-order valence-corrected chi connectivity index (χ0v) is 43.8. The molecule has 76 heavy (non-hydrogen) atoms. The lowest BCUT2D eigenvalue weighted by Crippen LogP contribution is -2.74. The van der Waals surface area contributed by atoms with E-state index in [4.69, 9.17) is 0 Å². The van der Waals surface area contributed by atoms with Gasteiger partial charge in [-0.15, -0.1) is 0 Å². The van der Waals surface area contributed by atoms with Crippen molar-refractivity contribution < 1.29 is 0 Å². The van der Waals surface area contributed by atoms with Gasteiger partial charge in [-0.3, -0.25) is 0 Å². The summed E-state index contributed by atoms with van der Waals surface area (Å²) in [5.74, 6) is 0. The summed E-state index contributed by atoms with van der Waals surface area (Å²) in [6, 6.07) is 114. The predicted octanol–water partition coefficient (Wildman–Crippen LogP) is 12.3. The Kier molecular flexibility index (Phi) is 10.3. The molecule has 0 atom stereocenters. The van der Waals surface area contributed by atoms with Crippen LogP contribution in [0.4, 0.5) is 0 Å². The Hall–Kier alpha value is -9.33. The van der Waals surface area contributed by atoms with Crippen LogP contribution in [0.2, 0.25) is 0 Å². The number of hydrogen-bond acceptors (Lipinski definition) is 0. The molecule has 0 bridgehead atoms. The molecule has 0 saturated heterocycles. The molecular weight excluding hydrogens is 949 g/mol. The van der Waals surface area contributed by atoms with E-state index in [0.29, 0.717) is 0 Å². The van der Waals surface area contributed by atoms with Gasteiger partial charge in [-0.05, 0) is 118 Å². The Morgan fingerprint density at radius 3 is 1.22 bits per heavy atom. The van der Waals surface area contributed by atoms with Gasteiger partial charge in [0.05, 0.1) is 22.1 Å². The Balaban J connectivity index is 0.862. The Morgan fingerprint density at radius 2 is 0.645 bits per heavy atom. The highest BCUT2D eigenvalue weighted by atomic mass is 28.3. The van der Waals surface area contributed by atoms with E-state index in [1.165, 1.54) is 107 Å². The van der Waals surface area contributed by atoms with Gasteiger partial charge >= 0.3 is 0 Å². The summed E-state index contributed by atoms with van der Waals surface area (Å²) < 4.78 is 4.92. The van der Waals surface area contributed by atoms with Crippen LogP contribution in [0.15, 0.2) is 303 Å². The van der Waals surface area contributed by atoms with Gasteiger partial charge in [0, 0.05) is 32.9 Å². The van der Waals surface area contributed by atoms with Crippen molar-refractivity contribution in [1.82, 2.24) is 9.13 Å². The first-order valence-corrected chi connectivity index (χ1v) is 30.4. The van der Waals surface area contributed by atoms with Crippen LogP contribution in [-0.2, 0) is 0 Å². The molecule has 1 aliphatic heterocycles. The highest BCUT2D eigenvalue weighted by Crippen LogP contribution is 2.39. The molecule has 0 saturated carbocycles. The van der Waals surface area contributed by atoms with E-state index in [1.807, 2.05) is 0 Å². The monoisotopic (exact) mass is 998 g/mol. The minimum atomic E-state index is -2.68. The molecule has 14 aromatic rings. The summed E-state index contributed by atoms with van der Waals surface area (Å²) in [6.07, 6.45) is 0. The molecule has 12 aromatic carbocycles. The fourth-order valence-corrected chi connectivity index (χ4v) is 23.3. The van der Waals surface area contributed by atoms with Crippen molar-refractivity contribution in [2.45, 2.75) is 0 Å². The summed E-state index contributed by atoms with van der Waals surface area (Å²) in [4.78, 5) is 0. The third-order valence-electron chi connectivity index (χ3n) is 16.6. The molecule has 4 heteroatoms. The van der Waals surface area contributed by atoms with E-state index in [0.717, 1.165) is 11.4 Å². The quantitative estimate of drug-likeness (QED) is 0.101. The van der Waals surface area contributed by atoms with Crippen LogP contribution in [0, 0.1) is 0 Å². The van der Waals surface area contributed by atoms with Gasteiger partial charge in [-0.1, -0.05) is 249 Å². The standard InChI is InChI=1S/C72H50N2Si2/c1-6-22-55(23-7-1)75(56-24-8-2-9-25-56,57-26-10-3-11-27-57)60-43-40-53(41-44-60)73-67-35-19-17-33-62(67)66-50-54(42-47-70(66)73)74-68-36-20-16-32-61(68)65-48-51(39-46-69(65)74)52-38-45-64-63-34-18-21-37-71(63)76(72(64)49-52,58-28-12-4-13-29-58)59-30-14-5-15-31-59/h1-50H. The Labute approximate surface area is 444 Å². The molecule has 356 valence electrons. The third-order valence-corrected chi connectivity index (χ3v) is 26.2. The van der Waals surface area contributed by atoms with Crippen molar-refractivity contribution in [2.24, 2.45) is 0 Å². The first kappa shape index (κ1) is 44.2. The molecule has 15 rings (SSSR count). The maximum atomic E-state index is 2.54. The smallest absolute Gasteiger partial charge is 0.180 e. The van der Waals surface area contributed by atoms with Crippen LogP contribution >= 0.6 is 0 Å². The molecule has 2 aromatic heterocycles. The molecule has 0 aliphatic carbocycles. The van der Waals surface area contributed by atoms with Crippen molar-refractivity contribution in [3.05, 3.63) is 303 Å². The normalized spacial score (nSPS) is 12.8. The van der Waals surface area contributed by atoms with Crippen LogP contribution in [0.5, 0.6) is 0 Å². The second-order valence-corrected chi connectivity index (χ2v) is 27.9. The number of benzene rings is 12. The van der Waals surface area contributed by atoms with E-state index < -0.39 is 16.1 Å². The summed E-state index contributed by atoms with van der Waals surface area (Å²) in [5.41, 5.74) is 12.2. The Morgan fingerprint density at radius 1 is 0.250 bits per heavy atom. The molecule has 2 nitrogen and oxygen atoms in total. The summed E-state index contributed by atoms with van der Waals surface area (Å²) >= 11 is 0. The zero-order chi connectivity index (χ0) is 50.2. The number of fused-ring (bicyclic) bond motifs is 9.